The van der Waals surface area contributed by atoms with Gasteiger partial charge in [0, 0.05) is 12.5 Å². The van der Waals surface area contributed by atoms with Crippen LogP contribution in [0.2, 0.25) is 0 Å². The quantitative estimate of drug-likeness (QED) is 0.535. The van der Waals surface area contributed by atoms with Gasteiger partial charge in [-0.25, -0.2) is 13.5 Å². The zero-order valence-corrected chi connectivity index (χ0v) is 16.6. The highest BCUT2D eigenvalue weighted by Crippen LogP contribution is 2.28. The van der Waals surface area contributed by atoms with Crippen molar-refractivity contribution in [2.45, 2.75) is 62.3 Å². The minimum Gasteiger partial charge on any atom is -0.336 e. The van der Waals surface area contributed by atoms with E-state index in [0.717, 1.165) is 42.8 Å². The number of carbonyl (C=O) groups is 1. The van der Waals surface area contributed by atoms with Crippen molar-refractivity contribution in [2.24, 2.45) is 5.92 Å². The monoisotopic (exact) mass is 409 g/mol. The molecule has 2 aromatic rings. The van der Waals surface area contributed by atoms with Gasteiger partial charge in [-0.05, 0) is 31.4 Å². The number of aromatic nitrogens is 3. The normalized spacial score (nSPS) is 16.1. The molecule has 0 saturated heterocycles. The molecule has 152 valence electrons. The van der Waals surface area contributed by atoms with Gasteiger partial charge in [-0.2, -0.15) is 0 Å². The number of nitrogens with one attached hydrogen (secondary N) is 1. The summed E-state index contributed by atoms with van der Waals surface area (Å²) in [5.41, 5.74) is -0.195. The average molecular weight is 410 g/mol. The largest absolute Gasteiger partial charge is 0.336 e. The first-order valence-corrected chi connectivity index (χ1v) is 10.4. The van der Waals surface area contributed by atoms with Crippen LogP contribution in [0.5, 0.6) is 0 Å². The SMILES string of the molecule is C[C@@H](Sc1nnc(CCC2CCCCC2)n1N)C(=O)Nc1cc(F)ccc1F. The number of nitrogens with zero attached hydrogens (tertiary/aromatic N) is 3. The third-order valence-electron chi connectivity index (χ3n) is 5.07. The molecule has 1 aliphatic rings. The van der Waals surface area contributed by atoms with E-state index in [0.29, 0.717) is 16.9 Å². The van der Waals surface area contributed by atoms with E-state index in [-0.39, 0.29) is 5.69 Å². The third kappa shape index (κ3) is 5.21. The van der Waals surface area contributed by atoms with Crippen LogP contribution in [-0.4, -0.2) is 26.0 Å². The lowest BCUT2D eigenvalue weighted by Gasteiger charge is -2.20. The molecule has 6 nitrogen and oxygen atoms in total. The molecule has 28 heavy (non-hydrogen) atoms. The summed E-state index contributed by atoms with van der Waals surface area (Å²) in [6.45, 7) is 1.65. The zero-order chi connectivity index (χ0) is 20.1. The molecule has 1 aromatic heterocycles. The number of carbonyl (C=O) groups excluding carboxylic acids is 1. The van der Waals surface area contributed by atoms with Crippen molar-refractivity contribution in [3.63, 3.8) is 0 Å². The first-order chi connectivity index (χ1) is 13.4. The molecule has 1 amide bonds. The predicted octanol–water partition coefficient (Wildman–Crippen LogP) is 3.90. The minimum absolute atomic E-state index is 0.195. The Morgan fingerprint density at radius 1 is 1.32 bits per heavy atom. The molecule has 0 radical (unpaired) electrons. The van der Waals surface area contributed by atoms with E-state index in [9.17, 15) is 13.6 Å². The maximum absolute atomic E-state index is 13.7. The molecule has 1 fully saturated rings. The smallest absolute Gasteiger partial charge is 0.237 e. The van der Waals surface area contributed by atoms with Gasteiger partial charge in [0.2, 0.25) is 11.1 Å². The van der Waals surface area contributed by atoms with E-state index in [2.05, 4.69) is 15.5 Å². The number of hydrogen-bond acceptors (Lipinski definition) is 5. The Balaban J connectivity index is 1.56. The molecule has 3 rings (SSSR count). The summed E-state index contributed by atoms with van der Waals surface area (Å²) >= 11 is 1.13. The molecular weight excluding hydrogens is 384 g/mol. The predicted molar refractivity (Wildman–Crippen MR) is 105 cm³/mol. The van der Waals surface area contributed by atoms with Crippen molar-refractivity contribution in [2.75, 3.05) is 11.2 Å². The van der Waals surface area contributed by atoms with Crippen LogP contribution in [0.1, 0.15) is 51.3 Å². The lowest BCUT2D eigenvalue weighted by atomic mass is 9.86. The summed E-state index contributed by atoms with van der Waals surface area (Å²) in [5, 5.41) is 10.4. The van der Waals surface area contributed by atoms with E-state index < -0.39 is 22.8 Å². The Labute approximate surface area is 167 Å². The van der Waals surface area contributed by atoms with Crippen LogP contribution < -0.4 is 11.2 Å². The number of hydrogen-bond donors (Lipinski definition) is 2. The average Bonchev–Trinajstić information content (AvgIpc) is 3.03. The Morgan fingerprint density at radius 2 is 2.07 bits per heavy atom. The lowest BCUT2D eigenvalue weighted by Crippen LogP contribution is -2.24. The van der Waals surface area contributed by atoms with Crippen molar-refractivity contribution in [3.05, 3.63) is 35.7 Å². The highest BCUT2D eigenvalue weighted by molar-refractivity contribution is 8.00. The maximum Gasteiger partial charge on any atom is 0.237 e. The van der Waals surface area contributed by atoms with Crippen LogP contribution in [0.3, 0.4) is 0 Å². The van der Waals surface area contributed by atoms with E-state index in [1.54, 1.807) is 6.92 Å². The van der Waals surface area contributed by atoms with Crippen molar-refractivity contribution in [1.82, 2.24) is 14.9 Å². The van der Waals surface area contributed by atoms with Gasteiger partial charge in [-0.15, -0.1) is 10.2 Å². The summed E-state index contributed by atoms with van der Waals surface area (Å²) in [4.78, 5) is 12.3. The first-order valence-electron chi connectivity index (χ1n) is 9.56. The number of nitrogen functional groups attached to an aromatic ring is 1. The number of halogens is 2. The number of amides is 1. The number of anilines is 1. The molecule has 1 aromatic carbocycles. The molecule has 1 saturated carbocycles. The molecule has 0 spiro atoms. The Kier molecular flexibility index (Phi) is 6.88. The fraction of sp³-hybridized carbons (Fsp3) is 0.526. The highest BCUT2D eigenvalue weighted by atomic mass is 32.2. The number of thioether (sulfide) groups is 1. The molecule has 0 aliphatic heterocycles. The van der Waals surface area contributed by atoms with Crippen molar-refractivity contribution >= 4 is 23.4 Å². The first kappa shape index (κ1) is 20.6. The van der Waals surface area contributed by atoms with Gasteiger partial charge in [-0.3, -0.25) is 4.79 Å². The summed E-state index contributed by atoms with van der Waals surface area (Å²) < 4.78 is 28.4. The fourth-order valence-corrected chi connectivity index (χ4v) is 4.20. The topological polar surface area (TPSA) is 85.8 Å². The molecule has 1 heterocycles. The zero-order valence-electron chi connectivity index (χ0n) is 15.8. The van der Waals surface area contributed by atoms with Crippen LogP contribution in [0, 0.1) is 17.6 Å². The van der Waals surface area contributed by atoms with Gasteiger partial charge in [0.25, 0.3) is 0 Å². The van der Waals surface area contributed by atoms with E-state index in [1.807, 2.05) is 0 Å². The number of rotatable bonds is 7. The second kappa shape index (κ2) is 9.36. The molecule has 3 N–H and O–H groups in total. The minimum atomic E-state index is -0.695. The summed E-state index contributed by atoms with van der Waals surface area (Å²) in [6, 6.07) is 2.91. The molecule has 0 unspecified atom stereocenters. The van der Waals surface area contributed by atoms with Crippen LogP contribution in [-0.2, 0) is 11.2 Å². The van der Waals surface area contributed by atoms with E-state index in [4.69, 9.17) is 5.84 Å². The molecule has 0 bridgehead atoms. The number of benzene rings is 1. The Bertz CT molecular complexity index is 823. The summed E-state index contributed by atoms with van der Waals surface area (Å²) in [6.07, 6.45) is 8.21. The number of aryl methyl sites for hydroxylation is 1. The van der Waals surface area contributed by atoms with Crippen molar-refractivity contribution < 1.29 is 13.6 Å². The van der Waals surface area contributed by atoms with E-state index in [1.165, 1.54) is 36.8 Å². The maximum atomic E-state index is 13.7. The highest BCUT2D eigenvalue weighted by Gasteiger charge is 2.21. The van der Waals surface area contributed by atoms with E-state index >= 15 is 0 Å². The number of nitrogens with two attached hydrogens (primary N) is 1. The van der Waals surface area contributed by atoms with Gasteiger partial charge < -0.3 is 11.2 Å². The molecular formula is C19H25F2N5OS. The third-order valence-corrected chi connectivity index (χ3v) is 6.13. The standard InChI is InChI=1S/C19H25F2N5OS/c1-12(18(27)23-16-11-14(20)8-9-15(16)21)28-19-25-24-17(26(19)22)10-7-13-5-3-2-4-6-13/h8-9,11-13H,2-7,10,22H2,1H3,(H,23,27)/t12-/m1/s1. The van der Waals surface area contributed by atoms with Gasteiger partial charge >= 0.3 is 0 Å². The molecule has 9 heteroatoms. The Morgan fingerprint density at radius 3 is 2.82 bits per heavy atom. The fourth-order valence-electron chi connectivity index (χ4n) is 3.41. The summed E-state index contributed by atoms with van der Waals surface area (Å²) in [7, 11) is 0. The van der Waals surface area contributed by atoms with Gasteiger partial charge in [0.15, 0.2) is 5.82 Å². The van der Waals surface area contributed by atoms with Gasteiger partial charge in [0.1, 0.15) is 11.6 Å². The summed E-state index contributed by atoms with van der Waals surface area (Å²) in [5.74, 6) is 5.71. The molecule has 1 aliphatic carbocycles. The molecule has 1 atom stereocenters. The van der Waals surface area contributed by atoms with Gasteiger partial charge in [0.05, 0.1) is 10.9 Å². The van der Waals surface area contributed by atoms with Crippen LogP contribution in [0.4, 0.5) is 14.5 Å². The lowest BCUT2D eigenvalue weighted by molar-refractivity contribution is -0.115. The van der Waals surface area contributed by atoms with Gasteiger partial charge in [-0.1, -0.05) is 43.9 Å². The van der Waals surface area contributed by atoms with Crippen LogP contribution >= 0.6 is 11.8 Å². The van der Waals surface area contributed by atoms with Crippen LogP contribution in [0.25, 0.3) is 0 Å². The van der Waals surface area contributed by atoms with Crippen molar-refractivity contribution in [3.8, 4) is 0 Å². The van der Waals surface area contributed by atoms with Crippen molar-refractivity contribution in [1.29, 1.82) is 0 Å². The second-order valence-corrected chi connectivity index (χ2v) is 8.49. The van der Waals surface area contributed by atoms with Crippen LogP contribution in [0.15, 0.2) is 23.4 Å². The second-order valence-electron chi connectivity index (χ2n) is 7.19. The Hall–Kier alpha value is -2.16.